The van der Waals surface area contributed by atoms with Crippen LogP contribution in [0.15, 0.2) is 41.4 Å². The topological polar surface area (TPSA) is 29.1 Å². The minimum Gasteiger partial charge on any atom is -0.325 e. The Morgan fingerprint density at radius 2 is 2.40 bits per heavy atom. The molecule has 15 heavy (non-hydrogen) atoms. The van der Waals surface area contributed by atoms with E-state index in [-0.39, 0.29) is 5.91 Å². The van der Waals surface area contributed by atoms with Crippen molar-refractivity contribution >= 4 is 39.3 Å². The number of benzene rings is 1. The average molecular weight is 286 g/mol. The van der Waals surface area contributed by atoms with Gasteiger partial charge < -0.3 is 5.32 Å². The molecule has 2 nitrogen and oxygen atoms in total. The molecule has 0 aliphatic rings. The summed E-state index contributed by atoms with van der Waals surface area (Å²) in [5.41, 5.74) is 0.813. The zero-order valence-corrected chi connectivity index (χ0v) is 10.6. The molecule has 1 aromatic carbocycles. The summed E-state index contributed by atoms with van der Waals surface area (Å²) in [5, 5.41) is 2.82. The molecule has 0 spiro atoms. The Bertz CT molecular complexity index is 354. The summed E-state index contributed by atoms with van der Waals surface area (Å²) in [6.45, 7) is 3.59. The predicted molar refractivity (Wildman–Crippen MR) is 70.3 cm³/mol. The van der Waals surface area contributed by atoms with Crippen LogP contribution in [0.25, 0.3) is 0 Å². The molecule has 1 rings (SSSR count). The second-order valence-corrected chi connectivity index (χ2v) is 4.81. The van der Waals surface area contributed by atoms with Crippen LogP contribution in [0.2, 0.25) is 0 Å². The molecular formula is C11H12BrNOS. The molecule has 0 saturated heterocycles. The van der Waals surface area contributed by atoms with Crippen molar-refractivity contribution in [2.45, 2.75) is 0 Å². The minimum atomic E-state index is 0.0138. The van der Waals surface area contributed by atoms with Gasteiger partial charge in [-0.3, -0.25) is 4.79 Å². The summed E-state index contributed by atoms with van der Waals surface area (Å²) in [6, 6.07) is 7.54. The van der Waals surface area contributed by atoms with Crippen LogP contribution in [-0.4, -0.2) is 17.4 Å². The SMILES string of the molecule is C=CCSCC(=O)Nc1cccc(Br)c1. The van der Waals surface area contributed by atoms with E-state index >= 15 is 0 Å². The molecule has 1 amide bonds. The molecule has 0 aliphatic carbocycles. The number of amides is 1. The van der Waals surface area contributed by atoms with Crippen molar-refractivity contribution in [3.63, 3.8) is 0 Å². The highest BCUT2D eigenvalue weighted by molar-refractivity contribution is 9.10. The number of carbonyl (C=O) groups is 1. The predicted octanol–water partition coefficient (Wildman–Crippen LogP) is 3.31. The molecule has 0 fully saturated rings. The van der Waals surface area contributed by atoms with Crippen molar-refractivity contribution in [3.05, 3.63) is 41.4 Å². The molecular weight excluding hydrogens is 274 g/mol. The van der Waals surface area contributed by atoms with Gasteiger partial charge in [-0.2, -0.15) is 0 Å². The maximum absolute atomic E-state index is 11.4. The second kappa shape index (κ2) is 6.69. The fourth-order valence-electron chi connectivity index (χ4n) is 0.998. The van der Waals surface area contributed by atoms with Gasteiger partial charge in [0.15, 0.2) is 0 Å². The quantitative estimate of drug-likeness (QED) is 0.664. The van der Waals surface area contributed by atoms with E-state index in [4.69, 9.17) is 0 Å². The molecule has 0 saturated carbocycles. The third-order valence-corrected chi connectivity index (χ3v) is 3.01. The average Bonchev–Trinajstić information content (AvgIpc) is 2.18. The molecule has 0 aromatic heterocycles. The summed E-state index contributed by atoms with van der Waals surface area (Å²) in [4.78, 5) is 11.4. The van der Waals surface area contributed by atoms with E-state index in [1.165, 1.54) is 0 Å². The molecule has 0 heterocycles. The minimum absolute atomic E-state index is 0.0138. The fraction of sp³-hybridized carbons (Fsp3) is 0.182. The van der Waals surface area contributed by atoms with Crippen molar-refractivity contribution in [2.24, 2.45) is 0 Å². The third kappa shape index (κ3) is 5.04. The zero-order chi connectivity index (χ0) is 11.1. The van der Waals surface area contributed by atoms with Gasteiger partial charge >= 0.3 is 0 Å². The lowest BCUT2D eigenvalue weighted by Gasteiger charge is -2.04. The third-order valence-electron chi connectivity index (χ3n) is 1.58. The molecule has 1 N–H and O–H groups in total. The van der Waals surface area contributed by atoms with Gasteiger partial charge in [-0.1, -0.05) is 28.1 Å². The van der Waals surface area contributed by atoms with Crippen LogP contribution in [0.3, 0.4) is 0 Å². The number of halogens is 1. The number of carbonyl (C=O) groups excluding carboxylic acids is 1. The number of hydrogen-bond acceptors (Lipinski definition) is 2. The zero-order valence-electron chi connectivity index (χ0n) is 8.20. The lowest BCUT2D eigenvalue weighted by Crippen LogP contribution is -2.14. The van der Waals surface area contributed by atoms with E-state index in [0.717, 1.165) is 15.9 Å². The first-order valence-electron chi connectivity index (χ1n) is 4.46. The van der Waals surface area contributed by atoms with E-state index < -0.39 is 0 Å². The van der Waals surface area contributed by atoms with Crippen molar-refractivity contribution < 1.29 is 4.79 Å². The summed E-state index contributed by atoms with van der Waals surface area (Å²) < 4.78 is 0.957. The van der Waals surface area contributed by atoms with Crippen molar-refractivity contribution in [1.82, 2.24) is 0 Å². The molecule has 4 heteroatoms. The normalized spacial score (nSPS) is 9.67. The van der Waals surface area contributed by atoms with Crippen LogP contribution in [0, 0.1) is 0 Å². The Morgan fingerprint density at radius 1 is 1.60 bits per heavy atom. The van der Waals surface area contributed by atoms with E-state index in [1.807, 2.05) is 24.3 Å². The molecule has 80 valence electrons. The van der Waals surface area contributed by atoms with Crippen LogP contribution >= 0.6 is 27.7 Å². The van der Waals surface area contributed by atoms with E-state index in [2.05, 4.69) is 27.8 Å². The fourth-order valence-corrected chi connectivity index (χ4v) is 1.94. The highest BCUT2D eigenvalue weighted by Crippen LogP contribution is 2.15. The van der Waals surface area contributed by atoms with Crippen LogP contribution in [0.5, 0.6) is 0 Å². The number of thioether (sulfide) groups is 1. The molecule has 0 aliphatic heterocycles. The number of hydrogen-bond donors (Lipinski definition) is 1. The standard InChI is InChI=1S/C11H12BrNOS/c1-2-6-15-8-11(14)13-10-5-3-4-9(12)7-10/h2-5,7H,1,6,8H2,(H,13,14). The van der Waals surface area contributed by atoms with Gasteiger partial charge in [-0.05, 0) is 18.2 Å². The Kier molecular flexibility index (Phi) is 5.50. The van der Waals surface area contributed by atoms with Gasteiger partial charge in [0.2, 0.25) is 5.91 Å². The molecule has 0 atom stereocenters. The van der Waals surface area contributed by atoms with Crippen molar-refractivity contribution in [3.8, 4) is 0 Å². The van der Waals surface area contributed by atoms with E-state index in [0.29, 0.717) is 5.75 Å². The van der Waals surface area contributed by atoms with E-state index in [9.17, 15) is 4.79 Å². The first-order chi connectivity index (χ1) is 7.22. The first-order valence-corrected chi connectivity index (χ1v) is 6.41. The Labute approximate surface area is 102 Å². The van der Waals surface area contributed by atoms with Crippen LogP contribution < -0.4 is 5.32 Å². The monoisotopic (exact) mass is 285 g/mol. The highest BCUT2D eigenvalue weighted by Gasteiger charge is 2.01. The lowest BCUT2D eigenvalue weighted by molar-refractivity contribution is -0.113. The summed E-state index contributed by atoms with van der Waals surface area (Å²) in [5.74, 6) is 1.27. The number of anilines is 1. The van der Waals surface area contributed by atoms with Gasteiger partial charge in [0.05, 0.1) is 5.75 Å². The Hall–Kier alpha value is -0.740. The van der Waals surface area contributed by atoms with Gasteiger partial charge in [0.25, 0.3) is 0 Å². The summed E-state index contributed by atoms with van der Waals surface area (Å²) >= 11 is 4.89. The van der Waals surface area contributed by atoms with Crippen LogP contribution in [-0.2, 0) is 4.79 Å². The number of rotatable bonds is 5. The van der Waals surface area contributed by atoms with Gasteiger partial charge in [0, 0.05) is 15.9 Å². The van der Waals surface area contributed by atoms with E-state index in [1.54, 1.807) is 17.8 Å². The van der Waals surface area contributed by atoms with Gasteiger partial charge in [-0.15, -0.1) is 18.3 Å². The van der Waals surface area contributed by atoms with Crippen molar-refractivity contribution in [2.75, 3.05) is 16.8 Å². The highest BCUT2D eigenvalue weighted by atomic mass is 79.9. The summed E-state index contributed by atoms with van der Waals surface area (Å²) in [6.07, 6.45) is 1.79. The Balaban J connectivity index is 2.40. The number of nitrogens with one attached hydrogen (secondary N) is 1. The Morgan fingerprint density at radius 3 is 3.07 bits per heavy atom. The first kappa shape index (κ1) is 12.3. The maximum atomic E-state index is 11.4. The second-order valence-electron chi connectivity index (χ2n) is 2.86. The van der Waals surface area contributed by atoms with Crippen molar-refractivity contribution in [1.29, 1.82) is 0 Å². The molecule has 0 bridgehead atoms. The van der Waals surface area contributed by atoms with Crippen LogP contribution in [0.4, 0.5) is 5.69 Å². The smallest absolute Gasteiger partial charge is 0.234 e. The molecule has 1 aromatic rings. The van der Waals surface area contributed by atoms with Gasteiger partial charge in [0.1, 0.15) is 0 Å². The van der Waals surface area contributed by atoms with Gasteiger partial charge in [-0.25, -0.2) is 0 Å². The molecule has 0 unspecified atom stereocenters. The largest absolute Gasteiger partial charge is 0.325 e. The summed E-state index contributed by atoms with van der Waals surface area (Å²) in [7, 11) is 0. The lowest BCUT2D eigenvalue weighted by atomic mass is 10.3. The maximum Gasteiger partial charge on any atom is 0.234 e. The molecule has 0 radical (unpaired) electrons. The van der Waals surface area contributed by atoms with Crippen LogP contribution in [0.1, 0.15) is 0 Å².